The second-order valence-corrected chi connectivity index (χ2v) is 7.92. The molecule has 0 bridgehead atoms. The fraction of sp³-hybridized carbons (Fsp3) is 0.478. The lowest BCUT2D eigenvalue weighted by Gasteiger charge is -2.38. The van der Waals surface area contributed by atoms with Crippen molar-refractivity contribution in [3.05, 3.63) is 42.5 Å². The van der Waals surface area contributed by atoms with Crippen LogP contribution < -0.4 is 16.4 Å². The average molecular weight is 446 g/mol. The lowest BCUT2D eigenvalue weighted by molar-refractivity contribution is -0.166. The summed E-state index contributed by atoms with van der Waals surface area (Å²) in [6.45, 7) is 3.70. The molecule has 0 aromatic heterocycles. The summed E-state index contributed by atoms with van der Waals surface area (Å²) in [4.78, 5) is 49.5. The van der Waals surface area contributed by atoms with E-state index in [0.29, 0.717) is 36.9 Å². The van der Waals surface area contributed by atoms with Gasteiger partial charge in [0.05, 0.1) is 6.61 Å². The van der Waals surface area contributed by atoms with E-state index >= 15 is 0 Å². The zero-order chi connectivity index (χ0) is 23.6. The summed E-state index contributed by atoms with van der Waals surface area (Å²) in [5, 5.41) is 14.4. The molecule has 0 unspecified atom stereocenters. The fourth-order valence-electron chi connectivity index (χ4n) is 3.64. The lowest BCUT2D eigenvalue weighted by Crippen LogP contribution is -2.47. The van der Waals surface area contributed by atoms with Gasteiger partial charge in [0.25, 0.3) is 0 Å². The normalized spacial score (nSPS) is 15.0. The predicted molar refractivity (Wildman–Crippen MR) is 118 cm³/mol. The highest BCUT2D eigenvalue weighted by atomic mass is 16.5. The van der Waals surface area contributed by atoms with Crippen molar-refractivity contribution in [3.8, 4) is 0 Å². The van der Waals surface area contributed by atoms with E-state index in [4.69, 9.17) is 15.6 Å². The van der Waals surface area contributed by atoms with Crippen LogP contribution in [0.25, 0.3) is 0 Å². The van der Waals surface area contributed by atoms with E-state index in [1.165, 1.54) is 6.08 Å². The first-order valence-corrected chi connectivity index (χ1v) is 10.7. The number of rotatable bonds is 13. The van der Waals surface area contributed by atoms with E-state index in [1.54, 1.807) is 24.3 Å². The molecule has 0 saturated heterocycles. The number of primary amides is 1. The van der Waals surface area contributed by atoms with E-state index < -0.39 is 23.3 Å². The van der Waals surface area contributed by atoms with Crippen LogP contribution in [-0.2, 0) is 25.7 Å². The average Bonchev–Trinajstić information content (AvgIpc) is 2.73. The Bertz CT molecular complexity index is 833. The number of hydrogen-bond acceptors (Lipinski definition) is 6. The summed E-state index contributed by atoms with van der Waals surface area (Å²) < 4.78 is 5.14. The molecule has 1 fully saturated rings. The van der Waals surface area contributed by atoms with Crippen molar-refractivity contribution < 1.29 is 29.0 Å². The summed E-state index contributed by atoms with van der Waals surface area (Å²) in [5.74, 6) is -1.93. The molecule has 1 aromatic carbocycles. The van der Waals surface area contributed by atoms with Gasteiger partial charge < -0.3 is 26.2 Å². The van der Waals surface area contributed by atoms with Crippen LogP contribution in [-0.4, -0.2) is 41.9 Å². The van der Waals surface area contributed by atoms with E-state index in [0.717, 1.165) is 6.42 Å². The number of urea groups is 1. The molecule has 32 heavy (non-hydrogen) atoms. The minimum atomic E-state index is -1.20. The first-order valence-electron chi connectivity index (χ1n) is 10.7. The van der Waals surface area contributed by atoms with Crippen LogP contribution >= 0.6 is 0 Å². The highest BCUT2D eigenvalue weighted by Crippen LogP contribution is 2.44. The van der Waals surface area contributed by atoms with Crippen molar-refractivity contribution in [2.75, 3.05) is 18.5 Å². The summed E-state index contributed by atoms with van der Waals surface area (Å²) in [6, 6.07) is 6.04. The van der Waals surface area contributed by atoms with Crippen molar-refractivity contribution >= 4 is 29.4 Å². The second-order valence-electron chi connectivity index (χ2n) is 7.92. The third-order valence-corrected chi connectivity index (χ3v) is 5.70. The number of nitrogens with one attached hydrogen (secondary N) is 2. The van der Waals surface area contributed by atoms with Gasteiger partial charge in [-0.3, -0.25) is 14.4 Å². The molecule has 9 heteroatoms. The molecule has 174 valence electrons. The molecule has 0 radical (unpaired) electrons. The Morgan fingerprint density at radius 1 is 1.22 bits per heavy atom. The number of carbonyl (C=O) groups is 4. The Balaban J connectivity index is 2.09. The van der Waals surface area contributed by atoms with Gasteiger partial charge in [-0.2, -0.15) is 0 Å². The molecule has 3 amide bonds. The Morgan fingerprint density at radius 2 is 1.91 bits per heavy atom. The molecule has 2 rings (SSSR count). The molecule has 0 aliphatic heterocycles. The van der Waals surface area contributed by atoms with E-state index in [9.17, 15) is 19.2 Å². The fourth-order valence-corrected chi connectivity index (χ4v) is 3.64. The summed E-state index contributed by atoms with van der Waals surface area (Å²) in [7, 11) is 0. The highest BCUT2D eigenvalue weighted by Gasteiger charge is 2.52. The second kappa shape index (κ2) is 12.0. The van der Waals surface area contributed by atoms with Gasteiger partial charge in [0.2, 0.25) is 5.91 Å². The van der Waals surface area contributed by atoms with Crippen molar-refractivity contribution in [1.29, 1.82) is 0 Å². The van der Waals surface area contributed by atoms with Crippen LogP contribution in [0, 0.1) is 11.3 Å². The number of esters is 1. The van der Waals surface area contributed by atoms with Crippen LogP contribution in [0.4, 0.5) is 10.5 Å². The van der Waals surface area contributed by atoms with E-state index in [1.807, 2.05) is 0 Å². The third-order valence-electron chi connectivity index (χ3n) is 5.70. The van der Waals surface area contributed by atoms with E-state index in [-0.39, 0.29) is 37.9 Å². The van der Waals surface area contributed by atoms with Gasteiger partial charge in [0.1, 0.15) is 12.0 Å². The van der Waals surface area contributed by atoms with Gasteiger partial charge in [0, 0.05) is 24.6 Å². The molecule has 1 aliphatic rings. The number of anilines is 1. The standard InChI is InChI=1S/C23H31N3O6/c1-2-13-32-21(30)23(10-4-11-23)19(28)14-17(5-3-12-25-22(24)31)20(29)26-18-8-6-16(15-27)7-9-18/h2,6-9,17,27H,1,3-5,10-15H2,(H,26,29)(H3,24,25,31)/t17-/m1/s1. The molecule has 1 aliphatic carbocycles. The van der Waals surface area contributed by atoms with Crippen LogP contribution in [0.3, 0.4) is 0 Å². The topological polar surface area (TPSA) is 148 Å². The monoisotopic (exact) mass is 445 g/mol. The minimum absolute atomic E-state index is 0.0282. The smallest absolute Gasteiger partial charge is 0.319 e. The first kappa shape index (κ1) is 25.1. The maximum absolute atomic E-state index is 13.1. The van der Waals surface area contributed by atoms with Crippen molar-refractivity contribution in [2.45, 2.75) is 45.1 Å². The largest absolute Gasteiger partial charge is 0.461 e. The van der Waals surface area contributed by atoms with Gasteiger partial charge in [0.15, 0.2) is 5.78 Å². The van der Waals surface area contributed by atoms with Crippen LogP contribution in [0.5, 0.6) is 0 Å². The molecule has 1 saturated carbocycles. The molecule has 5 N–H and O–H groups in total. The number of ether oxygens (including phenoxy) is 1. The molecule has 0 spiro atoms. The van der Waals surface area contributed by atoms with Crippen LogP contribution in [0.2, 0.25) is 0 Å². The number of ketones is 1. The number of nitrogens with two attached hydrogens (primary N) is 1. The molecular formula is C23H31N3O6. The summed E-state index contributed by atoms with van der Waals surface area (Å²) in [5.41, 5.74) is 5.11. The quantitative estimate of drug-likeness (QED) is 0.158. The molecule has 1 atom stereocenters. The van der Waals surface area contributed by atoms with Gasteiger partial charge in [-0.15, -0.1) is 0 Å². The number of hydrogen-bond donors (Lipinski definition) is 4. The zero-order valence-corrected chi connectivity index (χ0v) is 18.1. The van der Waals surface area contributed by atoms with Gasteiger partial charge in [-0.25, -0.2) is 4.79 Å². The Labute approximate surface area is 187 Å². The molecule has 0 heterocycles. The Kier molecular flexibility index (Phi) is 9.39. The number of aliphatic hydroxyl groups excluding tert-OH is 1. The SMILES string of the molecule is C=CCOC(=O)C1(C(=O)C[C@@H](CCCNC(N)=O)C(=O)Nc2ccc(CO)cc2)CCC1. The number of Topliss-reactive ketones (excluding diaryl/α,β-unsaturated/α-hetero) is 1. The van der Waals surface area contributed by atoms with Crippen LogP contribution in [0.15, 0.2) is 36.9 Å². The molecule has 9 nitrogen and oxygen atoms in total. The minimum Gasteiger partial charge on any atom is -0.461 e. The van der Waals surface area contributed by atoms with Gasteiger partial charge in [-0.1, -0.05) is 31.2 Å². The van der Waals surface area contributed by atoms with Crippen molar-refractivity contribution in [3.63, 3.8) is 0 Å². The summed E-state index contributed by atoms with van der Waals surface area (Å²) in [6.07, 6.45) is 3.64. The summed E-state index contributed by atoms with van der Waals surface area (Å²) >= 11 is 0. The van der Waals surface area contributed by atoms with Gasteiger partial charge in [-0.05, 0) is 43.4 Å². The Hall–Kier alpha value is -3.20. The molecular weight excluding hydrogens is 414 g/mol. The van der Waals surface area contributed by atoms with Crippen molar-refractivity contribution in [1.82, 2.24) is 5.32 Å². The number of benzene rings is 1. The van der Waals surface area contributed by atoms with Crippen LogP contribution in [0.1, 0.15) is 44.1 Å². The van der Waals surface area contributed by atoms with Gasteiger partial charge >= 0.3 is 12.0 Å². The first-order chi connectivity index (χ1) is 15.3. The van der Waals surface area contributed by atoms with Crippen molar-refractivity contribution in [2.24, 2.45) is 17.1 Å². The lowest BCUT2D eigenvalue weighted by atomic mass is 9.64. The predicted octanol–water partition coefficient (Wildman–Crippen LogP) is 2.04. The number of aliphatic hydroxyl groups is 1. The number of amides is 3. The van der Waals surface area contributed by atoms with E-state index in [2.05, 4.69) is 17.2 Å². The highest BCUT2D eigenvalue weighted by molar-refractivity contribution is 6.06. The molecule has 1 aromatic rings. The Morgan fingerprint density at radius 3 is 2.44 bits per heavy atom. The maximum atomic E-state index is 13.1. The number of carbonyl (C=O) groups excluding carboxylic acids is 4. The maximum Gasteiger partial charge on any atom is 0.319 e. The zero-order valence-electron chi connectivity index (χ0n) is 18.1. The third kappa shape index (κ3) is 6.65.